The number of aromatic nitrogens is 2. The van der Waals surface area contributed by atoms with Crippen molar-refractivity contribution in [3.8, 4) is 11.3 Å². The van der Waals surface area contributed by atoms with Gasteiger partial charge in [0.15, 0.2) is 0 Å². The zero-order valence-electron chi connectivity index (χ0n) is 14.3. The van der Waals surface area contributed by atoms with Crippen LogP contribution in [0.25, 0.3) is 11.3 Å². The van der Waals surface area contributed by atoms with E-state index in [9.17, 15) is 0 Å². The maximum atomic E-state index is 5.96. The van der Waals surface area contributed by atoms with Gasteiger partial charge in [-0.3, -0.25) is 0 Å². The standard InChI is InChI=1S/C21H23N3O/c1-3-7-17(8-4-1)11-12-22-13-19-14-24-15-20(23-21(24)16-25-19)18-9-5-2-6-10-18/h1-10,15,19,22H,11-14,16H2/t19-/m0/s1. The van der Waals surface area contributed by atoms with Gasteiger partial charge in [-0.1, -0.05) is 60.7 Å². The summed E-state index contributed by atoms with van der Waals surface area (Å²) in [5.41, 5.74) is 3.54. The smallest absolute Gasteiger partial charge is 0.135 e. The maximum absolute atomic E-state index is 5.96. The molecule has 1 N–H and O–H groups in total. The van der Waals surface area contributed by atoms with Crippen molar-refractivity contribution < 1.29 is 4.74 Å². The minimum absolute atomic E-state index is 0.195. The number of nitrogens with zero attached hydrogens (tertiary/aromatic N) is 2. The van der Waals surface area contributed by atoms with Crippen molar-refractivity contribution in [2.75, 3.05) is 13.1 Å². The summed E-state index contributed by atoms with van der Waals surface area (Å²) in [7, 11) is 0. The molecule has 0 fully saturated rings. The van der Waals surface area contributed by atoms with E-state index < -0.39 is 0 Å². The normalized spacial score (nSPS) is 16.6. The molecule has 4 rings (SSSR count). The second kappa shape index (κ2) is 7.64. The lowest BCUT2D eigenvalue weighted by molar-refractivity contribution is 0.00311. The summed E-state index contributed by atoms with van der Waals surface area (Å²) < 4.78 is 8.19. The van der Waals surface area contributed by atoms with Gasteiger partial charge in [0.2, 0.25) is 0 Å². The van der Waals surface area contributed by atoms with Crippen molar-refractivity contribution in [1.29, 1.82) is 0 Å². The van der Waals surface area contributed by atoms with Crippen LogP contribution in [-0.4, -0.2) is 28.7 Å². The molecule has 1 aromatic heterocycles. The summed E-state index contributed by atoms with van der Waals surface area (Å²) in [6.07, 6.45) is 3.38. The highest BCUT2D eigenvalue weighted by Gasteiger charge is 2.20. The van der Waals surface area contributed by atoms with Crippen LogP contribution in [0.15, 0.2) is 66.9 Å². The molecule has 2 heterocycles. The zero-order valence-corrected chi connectivity index (χ0v) is 14.3. The average molecular weight is 333 g/mol. The van der Waals surface area contributed by atoms with Gasteiger partial charge < -0.3 is 14.6 Å². The minimum Gasteiger partial charge on any atom is -0.367 e. The summed E-state index contributed by atoms with van der Waals surface area (Å²) >= 11 is 0. The summed E-state index contributed by atoms with van der Waals surface area (Å²) in [6.45, 7) is 3.27. The first-order valence-corrected chi connectivity index (χ1v) is 8.86. The molecular formula is C21H23N3O. The zero-order chi connectivity index (χ0) is 16.9. The van der Waals surface area contributed by atoms with Gasteiger partial charge in [-0.2, -0.15) is 0 Å². The Hall–Kier alpha value is -2.43. The fourth-order valence-corrected chi connectivity index (χ4v) is 3.20. The first kappa shape index (κ1) is 16.1. The Bertz CT molecular complexity index is 799. The fraction of sp³-hybridized carbons (Fsp3) is 0.286. The van der Waals surface area contributed by atoms with Crippen molar-refractivity contribution in [1.82, 2.24) is 14.9 Å². The number of imidazole rings is 1. The van der Waals surface area contributed by atoms with Crippen molar-refractivity contribution in [3.63, 3.8) is 0 Å². The molecular weight excluding hydrogens is 310 g/mol. The number of fused-ring (bicyclic) bond motifs is 1. The van der Waals surface area contributed by atoms with E-state index in [0.29, 0.717) is 6.61 Å². The van der Waals surface area contributed by atoms with Gasteiger partial charge in [-0.15, -0.1) is 0 Å². The minimum atomic E-state index is 0.195. The van der Waals surface area contributed by atoms with Crippen LogP contribution in [0.2, 0.25) is 0 Å². The monoisotopic (exact) mass is 333 g/mol. The van der Waals surface area contributed by atoms with Crippen LogP contribution >= 0.6 is 0 Å². The van der Waals surface area contributed by atoms with E-state index in [1.165, 1.54) is 5.56 Å². The van der Waals surface area contributed by atoms with Crippen LogP contribution in [0.3, 0.4) is 0 Å². The number of ether oxygens (including phenoxy) is 1. The lowest BCUT2D eigenvalue weighted by atomic mass is 10.1. The van der Waals surface area contributed by atoms with Gasteiger partial charge >= 0.3 is 0 Å². The molecule has 4 nitrogen and oxygen atoms in total. The van der Waals surface area contributed by atoms with Crippen LogP contribution in [0, 0.1) is 0 Å². The highest BCUT2D eigenvalue weighted by Crippen LogP contribution is 2.21. The molecule has 3 aromatic rings. The molecule has 1 aliphatic rings. The summed E-state index contributed by atoms with van der Waals surface area (Å²) in [5.74, 6) is 1.01. The van der Waals surface area contributed by atoms with E-state index in [1.54, 1.807) is 0 Å². The van der Waals surface area contributed by atoms with Gasteiger partial charge in [0.05, 0.1) is 18.3 Å². The fourth-order valence-electron chi connectivity index (χ4n) is 3.20. The molecule has 0 saturated carbocycles. The molecule has 0 spiro atoms. The van der Waals surface area contributed by atoms with Gasteiger partial charge in [-0.05, 0) is 18.5 Å². The van der Waals surface area contributed by atoms with Crippen molar-refractivity contribution in [2.45, 2.75) is 25.7 Å². The molecule has 1 atom stereocenters. The summed E-state index contributed by atoms with van der Waals surface area (Å²) in [6, 6.07) is 20.9. The number of nitrogens with one attached hydrogen (secondary N) is 1. The van der Waals surface area contributed by atoms with Gasteiger partial charge in [-0.25, -0.2) is 4.98 Å². The van der Waals surface area contributed by atoms with E-state index in [-0.39, 0.29) is 6.10 Å². The summed E-state index contributed by atoms with van der Waals surface area (Å²) in [5, 5.41) is 3.51. The second-order valence-electron chi connectivity index (χ2n) is 6.43. The molecule has 25 heavy (non-hydrogen) atoms. The topological polar surface area (TPSA) is 39.1 Å². The Labute approximate surface area is 148 Å². The van der Waals surface area contributed by atoms with E-state index in [0.717, 1.165) is 43.1 Å². The van der Waals surface area contributed by atoms with Crippen molar-refractivity contribution in [3.05, 3.63) is 78.2 Å². The molecule has 1 aliphatic heterocycles. The number of benzene rings is 2. The third kappa shape index (κ3) is 3.98. The molecule has 4 heteroatoms. The van der Waals surface area contributed by atoms with Crippen molar-refractivity contribution in [2.24, 2.45) is 0 Å². The van der Waals surface area contributed by atoms with Crippen molar-refractivity contribution >= 4 is 0 Å². The van der Waals surface area contributed by atoms with Crippen LogP contribution in [0.4, 0.5) is 0 Å². The molecule has 0 amide bonds. The highest BCUT2D eigenvalue weighted by molar-refractivity contribution is 5.58. The lowest BCUT2D eigenvalue weighted by Crippen LogP contribution is -2.36. The van der Waals surface area contributed by atoms with E-state index >= 15 is 0 Å². The SMILES string of the molecule is c1ccc(CCNC[C@H]2Cn3cc(-c4ccccc4)nc3CO2)cc1. The highest BCUT2D eigenvalue weighted by atomic mass is 16.5. The Balaban J connectivity index is 1.30. The number of rotatable bonds is 6. The van der Waals surface area contributed by atoms with Crippen LogP contribution in [-0.2, 0) is 24.3 Å². The molecule has 0 bridgehead atoms. The molecule has 0 saturated heterocycles. The van der Waals surface area contributed by atoms with Crippen LogP contribution in [0.5, 0.6) is 0 Å². The predicted octanol–water partition coefficient (Wildman–Crippen LogP) is 3.28. The lowest BCUT2D eigenvalue weighted by Gasteiger charge is -2.24. The number of hydrogen-bond acceptors (Lipinski definition) is 3. The summed E-state index contributed by atoms with van der Waals surface area (Å²) in [4.78, 5) is 4.71. The molecule has 0 aliphatic carbocycles. The van der Waals surface area contributed by atoms with Gasteiger partial charge in [0, 0.05) is 18.3 Å². The first-order chi connectivity index (χ1) is 12.4. The third-order valence-corrected chi connectivity index (χ3v) is 4.58. The average Bonchev–Trinajstić information content (AvgIpc) is 3.10. The maximum Gasteiger partial charge on any atom is 0.135 e. The second-order valence-corrected chi connectivity index (χ2v) is 6.43. The van der Waals surface area contributed by atoms with E-state index in [1.807, 2.05) is 18.2 Å². The van der Waals surface area contributed by atoms with Crippen LogP contribution < -0.4 is 5.32 Å². The number of hydrogen-bond donors (Lipinski definition) is 1. The molecule has 0 unspecified atom stereocenters. The van der Waals surface area contributed by atoms with Gasteiger partial charge in [0.25, 0.3) is 0 Å². The molecule has 0 radical (unpaired) electrons. The van der Waals surface area contributed by atoms with Gasteiger partial charge in [0.1, 0.15) is 12.4 Å². The first-order valence-electron chi connectivity index (χ1n) is 8.86. The molecule has 128 valence electrons. The third-order valence-electron chi connectivity index (χ3n) is 4.58. The quantitative estimate of drug-likeness (QED) is 0.704. The van der Waals surface area contributed by atoms with E-state index in [2.05, 4.69) is 58.5 Å². The Kier molecular flexibility index (Phi) is 4.91. The molecule has 2 aromatic carbocycles. The van der Waals surface area contributed by atoms with E-state index in [4.69, 9.17) is 9.72 Å². The Morgan fingerprint density at radius 1 is 1.04 bits per heavy atom. The van der Waals surface area contributed by atoms with Crippen LogP contribution in [0.1, 0.15) is 11.4 Å². The Morgan fingerprint density at radius 3 is 2.60 bits per heavy atom. The predicted molar refractivity (Wildman–Crippen MR) is 99.3 cm³/mol. The largest absolute Gasteiger partial charge is 0.367 e. The Morgan fingerprint density at radius 2 is 1.80 bits per heavy atom.